The quantitative estimate of drug-likeness (QED) is 0.254. The molecule has 0 N–H and O–H groups in total. The van der Waals surface area contributed by atoms with E-state index in [9.17, 15) is 4.79 Å². The van der Waals surface area contributed by atoms with Gasteiger partial charge in [0.15, 0.2) is 0 Å². The van der Waals surface area contributed by atoms with Crippen molar-refractivity contribution in [3.8, 4) is 5.75 Å². The van der Waals surface area contributed by atoms with Crippen LogP contribution >= 0.6 is 11.8 Å². The Morgan fingerprint density at radius 2 is 2.00 bits per heavy atom. The maximum atomic E-state index is 9.68. The number of hydrogen-bond donors (Lipinski definition) is 0. The third-order valence-corrected chi connectivity index (χ3v) is 4.20. The SMILES string of the molecule is CCCCCC=O.CCSC(CC)=Nc1cc(OC)ccc1C. The molecule has 0 unspecified atom stereocenters. The molecule has 0 fully saturated rings. The first-order chi connectivity index (χ1) is 11.1. The number of aliphatic imine (C=N–C) groups is 1. The predicted octanol–water partition coefficient (Wildman–Crippen LogP) is 5.96. The molecule has 0 aliphatic heterocycles. The number of unbranched alkanes of at least 4 members (excludes halogenated alkanes) is 3. The first kappa shape index (κ1) is 21.7. The number of aldehydes is 1. The number of ether oxygens (including phenoxy) is 1. The highest BCUT2D eigenvalue weighted by Crippen LogP contribution is 2.26. The lowest BCUT2D eigenvalue weighted by Crippen LogP contribution is -1.90. The fraction of sp³-hybridized carbons (Fsp3) is 0.579. The van der Waals surface area contributed by atoms with Gasteiger partial charge in [-0.25, -0.2) is 4.99 Å². The van der Waals surface area contributed by atoms with Gasteiger partial charge in [-0.15, -0.1) is 11.8 Å². The summed E-state index contributed by atoms with van der Waals surface area (Å²) in [5.41, 5.74) is 2.20. The van der Waals surface area contributed by atoms with Crippen LogP contribution in [-0.4, -0.2) is 24.2 Å². The molecule has 0 radical (unpaired) electrons. The topological polar surface area (TPSA) is 38.7 Å². The summed E-state index contributed by atoms with van der Waals surface area (Å²) in [7, 11) is 1.68. The summed E-state index contributed by atoms with van der Waals surface area (Å²) in [5, 5.41) is 1.18. The van der Waals surface area contributed by atoms with Gasteiger partial charge in [-0.1, -0.05) is 39.7 Å². The lowest BCUT2D eigenvalue weighted by Gasteiger charge is -2.06. The van der Waals surface area contributed by atoms with Gasteiger partial charge in [-0.3, -0.25) is 0 Å². The van der Waals surface area contributed by atoms with Crippen molar-refractivity contribution >= 4 is 28.8 Å². The first-order valence-electron chi connectivity index (χ1n) is 8.41. The second kappa shape index (κ2) is 14.3. The van der Waals surface area contributed by atoms with E-state index in [0.29, 0.717) is 0 Å². The Hall–Kier alpha value is -1.29. The maximum Gasteiger partial charge on any atom is 0.121 e. The van der Waals surface area contributed by atoms with Gasteiger partial charge in [0.25, 0.3) is 0 Å². The summed E-state index contributed by atoms with van der Waals surface area (Å²) in [6.45, 7) is 8.48. The lowest BCUT2D eigenvalue weighted by atomic mass is 10.2. The average molecular weight is 338 g/mol. The number of carbonyl (C=O) groups is 1. The van der Waals surface area contributed by atoms with Gasteiger partial charge in [-0.05, 0) is 37.1 Å². The van der Waals surface area contributed by atoms with Crippen LogP contribution in [0.2, 0.25) is 0 Å². The zero-order chi connectivity index (χ0) is 17.5. The molecule has 130 valence electrons. The van der Waals surface area contributed by atoms with Crippen molar-refractivity contribution in [3.05, 3.63) is 23.8 Å². The molecule has 0 aliphatic rings. The van der Waals surface area contributed by atoms with Gasteiger partial charge in [0.05, 0.1) is 17.8 Å². The van der Waals surface area contributed by atoms with E-state index < -0.39 is 0 Å². The molecule has 0 aliphatic carbocycles. The summed E-state index contributed by atoms with van der Waals surface area (Å²) in [5.74, 6) is 1.93. The minimum atomic E-state index is 0.744. The number of methoxy groups -OCH3 is 1. The summed E-state index contributed by atoms with van der Waals surface area (Å²) >= 11 is 1.80. The van der Waals surface area contributed by atoms with Crippen LogP contribution in [0.1, 0.15) is 58.4 Å². The fourth-order valence-electron chi connectivity index (χ4n) is 1.83. The molecule has 1 aromatic carbocycles. The Bertz CT molecular complexity index is 472. The van der Waals surface area contributed by atoms with Gasteiger partial charge in [0.2, 0.25) is 0 Å². The zero-order valence-electron chi connectivity index (χ0n) is 15.2. The molecule has 23 heavy (non-hydrogen) atoms. The molecule has 1 aromatic rings. The van der Waals surface area contributed by atoms with E-state index in [2.05, 4.69) is 32.7 Å². The molecule has 0 saturated carbocycles. The second-order valence-electron chi connectivity index (χ2n) is 5.11. The van der Waals surface area contributed by atoms with E-state index >= 15 is 0 Å². The van der Waals surface area contributed by atoms with Crippen LogP contribution in [0.3, 0.4) is 0 Å². The molecule has 0 aromatic heterocycles. The highest BCUT2D eigenvalue weighted by atomic mass is 32.2. The van der Waals surface area contributed by atoms with Crippen molar-refractivity contribution < 1.29 is 9.53 Å². The van der Waals surface area contributed by atoms with Gasteiger partial charge < -0.3 is 9.53 Å². The largest absolute Gasteiger partial charge is 0.497 e. The van der Waals surface area contributed by atoms with Crippen LogP contribution in [-0.2, 0) is 4.79 Å². The number of hydrogen-bond acceptors (Lipinski definition) is 4. The number of carbonyl (C=O) groups excluding carboxylic acids is 1. The number of aryl methyl sites for hydroxylation is 1. The van der Waals surface area contributed by atoms with Crippen molar-refractivity contribution in [3.63, 3.8) is 0 Å². The Morgan fingerprint density at radius 1 is 1.26 bits per heavy atom. The third-order valence-electron chi connectivity index (χ3n) is 3.20. The molecule has 0 saturated heterocycles. The van der Waals surface area contributed by atoms with Crippen LogP contribution in [0.4, 0.5) is 5.69 Å². The molecule has 0 heterocycles. The molecule has 0 atom stereocenters. The zero-order valence-corrected chi connectivity index (χ0v) is 16.0. The Kier molecular flexibility index (Phi) is 13.5. The van der Waals surface area contributed by atoms with Gasteiger partial charge in [0.1, 0.15) is 12.0 Å². The number of rotatable bonds is 8. The summed E-state index contributed by atoms with van der Waals surface area (Å²) in [4.78, 5) is 14.4. The maximum absolute atomic E-state index is 9.68. The summed E-state index contributed by atoms with van der Waals surface area (Å²) in [6, 6.07) is 6.00. The number of thioether (sulfide) groups is 1. The van der Waals surface area contributed by atoms with Gasteiger partial charge in [0, 0.05) is 12.5 Å². The molecule has 0 amide bonds. The van der Waals surface area contributed by atoms with E-state index in [1.165, 1.54) is 23.4 Å². The van der Waals surface area contributed by atoms with E-state index in [-0.39, 0.29) is 0 Å². The standard InChI is InChI=1S/C13H19NOS.C6H12O/c1-5-13(16-6-2)14-12-9-11(15-4)8-7-10(12)3;1-2-3-4-5-6-7/h7-9H,5-6H2,1-4H3;6H,2-5H2,1H3. The molecule has 4 heteroatoms. The highest BCUT2D eigenvalue weighted by Gasteiger charge is 2.02. The van der Waals surface area contributed by atoms with Crippen molar-refractivity contribution in [1.82, 2.24) is 0 Å². The van der Waals surface area contributed by atoms with E-state index in [4.69, 9.17) is 4.74 Å². The molecular weight excluding hydrogens is 306 g/mol. The van der Waals surface area contributed by atoms with E-state index in [0.717, 1.165) is 42.7 Å². The van der Waals surface area contributed by atoms with Crippen LogP contribution in [0.5, 0.6) is 5.75 Å². The minimum Gasteiger partial charge on any atom is -0.497 e. The summed E-state index contributed by atoms with van der Waals surface area (Å²) < 4.78 is 5.21. The monoisotopic (exact) mass is 337 g/mol. The van der Waals surface area contributed by atoms with Crippen LogP contribution in [0.15, 0.2) is 23.2 Å². The Morgan fingerprint density at radius 3 is 2.52 bits per heavy atom. The van der Waals surface area contributed by atoms with Crippen molar-refractivity contribution in [2.24, 2.45) is 4.99 Å². The highest BCUT2D eigenvalue weighted by molar-refractivity contribution is 8.13. The number of benzene rings is 1. The van der Waals surface area contributed by atoms with Crippen molar-refractivity contribution in [2.45, 2.75) is 59.8 Å². The fourth-order valence-corrected chi connectivity index (χ4v) is 2.53. The van der Waals surface area contributed by atoms with Crippen LogP contribution < -0.4 is 4.74 Å². The molecule has 1 rings (SSSR count). The van der Waals surface area contributed by atoms with E-state index in [1.807, 2.05) is 18.2 Å². The molecular formula is C19H31NO2S. The third kappa shape index (κ3) is 10.2. The minimum absolute atomic E-state index is 0.744. The van der Waals surface area contributed by atoms with Gasteiger partial charge >= 0.3 is 0 Å². The lowest BCUT2D eigenvalue weighted by molar-refractivity contribution is -0.107. The van der Waals surface area contributed by atoms with Crippen LogP contribution in [0.25, 0.3) is 0 Å². The smallest absolute Gasteiger partial charge is 0.121 e. The first-order valence-corrected chi connectivity index (χ1v) is 9.39. The number of nitrogens with zero attached hydrogens (tertiary/aromatic N) is 1. The normalized spacial score (nSPS) is 10.7. The van der Waals surface area contributed by atoms with Crippen molar-refractivity contribution in [2.75, 3.05) is 12.9 Å². The second-order valence-corrected chi connectivity index (χ2v) is 6.44. The average Bonchev–Trinajstić information content (AvgIpc) is 2.57. The van der Waals surface area contributed by atoms with Gasteiger partial charge in [-0.2, -0.15) is 0 Å². The predicted molar refractivity (Wildman–Crippen MR) is 103 cm³/mol. The molecule has 3 nitrogen and oxygen atoms in total. The molecule has 0 spiro atoms. The Labute approximate surface area is 145 Å². The summed E-state index contributed by atoms with van der Waals surface area (Å²) in [6.07, 6.45) is 6.17. The Balaban J connectivity index is 0.000000585. The van der Waals surface area contributed by atoms with Crippen molar-refractivity contribution in [1.29, 1.82) is 0 Å². The van der Waals surface area contributed by atoms with Crippen LogP contribution in [0, 0.1) is 6.92 Å². The molecule has 0 bridgehead atoms. The van der Waals surface area contributed by atoms with E-state index in [1.54, 1.807) is 18.9 Å².